The van der Waals surface area contributed by atoms with Crippen LogP contribution < -0.4 is 0 Å². The van der Waals surface area contributed by atoms with Crippen LogP contribution in [0, 0.1) is 6.92 Å². The topological polar surface area (TPSA) is 69.7 Å². The minimum atomic E-state index is -3.91. The van der Waals surface area contributed by atoms with E-state index in [-0.39, 0.29) is 11.0 Å². The van der Waals surface area contributed by atoms with Crippen molar-refractivity contribution in [3.05, 3.63) is 29.8 Å². The number of ether oxygens (including phenoxy) is 1. The fourth-order valence-electron chi connectivity index (χ4n) is 1.20. The Balaban J connectivity index is 2.66. The van der Waals surface area contributed by atoms with Crippen LogP contribution in [-0.2, 0) is 23.8 Å². The van der Waals surface area contributed by atoms with Crippen molar-refractivity contribution in [2.24, 2.45) is 0 Å². The van der Waals surface area contributed by atoms with Gasteiger partial charge in [-0.25, -0.2) is 4.79 Å². The van der Waals surface area contributed by atoms with E-state index < -0.39 is 22.7 Å². The highest BCUT2D eigenvalue weighted by Gasteiger charge is 2.17. The summed E-state index contributed by atoms with van der Waals surface area (Å²) in [7, 11) is -3.91. The molecule has 0 aliphatic carbocycles. The summed E-state index contributed by atoms with van der Waals surface area (Å²) >= 11 is 0. The van der Waals surface area contributed by atoms with Crippen molar-refractivity contribution in [1.29, 1.82) is 0 Å². The summed E-state index contributed by atoms with van der Waals surface area (Å²) in [6.45, 7) is 4.57. The van der Waals surface area contributed by atoms with Crippen molar-refractivity contribution < 1.29 is 22.1 Å². The summed E-state index contributed by atoms with van der Waals surface area (Å²) in [5.41, 5.74) is 0.938. The maximum Gasteiger partial charge on any atom is 0.333 e. The molecule has 0 aliphatic heterocycles. The van der Waals surface area contributed by atoms with E-state index >= 15 is 0 Å². The van der Waals surface area contributed by atoms with Crippen molar-refractivity contribution in [1.82, 2.24) is 0 Å². The first kappa shape index (κ1) is 14.7. The van der Waals surface area contributed by atoms with E-state index in [4.69, 9.17) is 4.74 Å². The molecule has 0 amide bonds. The predicted molar refractivity (Wildman–Crippen MR) is 65.5 cm³/mol. The Kier molecular flexibility index (Phi) is 4.86. The Bertz CT molecular complexity index is 502. The first-order chi connectivity index (χ1) is 8.31. The van der Waals surface area contributed by atoms with Crippen LogP contribution in [0.15, 0.2) is 29.2 Å². The zero-order valence-electron chi connectivity index (χ0n) is 10.5. The van der Waals surface area contributed by atoms with Crippen molar-refractivity contribution in [3.8, 4) is 0 Å². The maximum atomic E-state index is 11.7. The average molecular weight is 272 g/mol. The first-order valence-electron chi connectivity index (χ1n) is 5.47. The molecule has 0 bridgehead atoms. The summed E-state index contributed by atoms with van der Waals surface area (Å²) < 4.78 is 32.8. The van der Waals surface area contributed by atoms with Crippen LogP contribution in [0.3, 0.4) is 0 Å². The van der Waals surface area contributed by atoms with Gasteiger partial charge in [-0.15, -0.1) is 0 Å². The predicted octanol–water partition coefficient (Wildman–Crippen LogP) is 1.65. The lowest BCUT2D eigenvalue weighted by molar-refractivity contribution is -0.149. The molecule has 0 atom stereocenters. The minimum Gasteiger partial charge on any atom is -0.461 e. The molecule has 0 spiro atoms. The number of carbonyl (C=O) groups is 1. The van der Waals surface area contributed by atoms with Gasteiger partial charge >= 0.3 is 5.97 Å². The van der Waals surface area contributed by atoms with Gasteiger partial charge in [0, 0.05) is 0 Å². The molecule has 1 aromatic carbocycles. The molecule has 1 rings (SSSR count). The molecule has 5 nitrogen and oxygen atoms in total. The molecule has 0 heterocycles. The van der Waals surface area contributed by atoms with Crippen LogP contribution in [0.5, 0.6) is 0 Å². The number of rotatable bonds is 5. The fourth-order valence-corrected chi connectivity index (χ4v) is 2.05. The smallest absolute Gasteiger partial charge is 0.333 e. The van der Waals surface area contributed by atoms with E-state index in [1.54, 1.807) is 26.0 Å². The molecular formula is C12H16O5S. The molecule has 0 N–H and O–H groups in total. The third kappa shape index (κ3) is 4.46. The lowest BCUT2D eigenvalue weighted by Gasteiger charge is -2.08. The SMILES string of the molecule is Cc1ccc(S(=O)(=O)OCC(=O)OC(C)C)cc1. The molecule has 0 saturated heterocycles. The summed E-state index contributed by atoms with van der Waals surface area (Å²) in [5, 5.41) is 0. The van der Waals surface area contributed by atoms with Gasteiger partial charge in [-0.05, 0) is 32.9 Å². The van der Waals surface area contributed by atoms with Gasteiger partial charge in [-0.3, -0.25) is 4.18 Å². The Hall–Kier alpha value is -1.40. The largest absolute Gasteiger partial charge is 0.461 e. The van der Waals surface area contributed by atoms with Gasteiger partial charge < -0.3 is 4.74 Å². The standard InChI is InChI=1S/C12H16O5S/c1-9(2)17-12(13)8-16-18(14,15)11-6-4-10(3)5-7-11/h4-7,9H,8H2,1-3H3. The first-order valence-corrected chi connectivity index (χ1v) is 6.87. The van der Waals surface area contributed by atoms with Crippen molar-refractivity contribution in [2.75, 3.05) is 6.61 Å². The van der Waals surface area contributed by atoms with E-state index in [9.17, 15) is 13.2 Å². The Labute approximate surface area is 107 Å². The van der Waals surface area contributed by atoms with Gasteiger partial charge in [0.25, 0.3) is 10.1 Å². The van der Waals surface area contributed by atoms with Crippen molar-refractivity contribution in [2.45, 2.75) is 31.8 Å². The number of esters is 1. The van der Waals surface area contributed by atoms with Crippen LogP contribution in [0.1, 0.15) is 19.4 Å². The van der Waals surface area contributed by atoms with Gasteiger partial charge in [-0.1, -0.05) is 17.7 Å². The van der Waals surface area contributed by atoms with Crippen LogP contribution in [-0.4, -0.2) is 27.1 Å². The zero-order chi connectivity index (χ0) is 13.8. The maximum absolute atomic E-state index is 11.7. The number of carbonyl (C=O) groups excluding carboxylic acids is 1. The quantitative estimate of drug-likeness (QED) is 0.602. The Morgan fingerprint density at radius 3 is 2.28 bits per heavy atom. The van der Waals surface area contributed by atoms with E-state index in [1.807, 2.05) is 6.92 Å². The molecule has 6 heteroatoms. The fraction of sp³-hybridized carbons (Fsp3) is 0.417. The molecule has 0 radical (unpaired) electrons. The minimum absolute atomic E-state index is 0.0189. The van der Waals surface area contributed by atoms with Gasteiger partial charge in [0.1, 0.15) is 0 Å². The highest BCUT2D eigenvalue weighted by Crippen LogP contribution is 2.13. The van der Waals surface area contributed by atoms with Gasteiger partial charge in [-0.2, -0.15) is 8.42 Å². The van der Waals surface area contributed by atoms with Crippen LogP contribution >= 0.6 is 0 Å². The Morgan fingerprint density at radius 1 is 1.22 bits per heavy atom. The van der Waals surface area contributed by atoms with Crippen LogP contribution in [0.2, 0.25) is 0 Å². The van der Waals surface area contributed by atoms with E-state index in [1.165, 1.54) is 12.1 Å². The molecule has 0 aromatic heterocycles. The summed E-state index contributed by atoms with van der Waals surface area (Å²) in [5.74, 6) is -0.708. The lowest BCUT2D eigenvalue weighted by Crippen LogP contribution is -2.19. The van der Waals surface area contributed by atoms with Crippen molar-refractivity contribution >= 4 is 16.1 Å². The Morgan fingerprint density at radius 2 is 1.78 bits per heavy atom. The van der Waals surface area contributed by atoms with Crippen LogP contribution in [0.4, 0.5) is 0 Å². The number of hydrogen-bond acceptors (Lipinski definition) is 5. The van der Waals surface area contributed by atoms with Gasteiger partial charge in [0.15, 0.2) is 6.61 Å². The zero-order valence-corrected chi connectivity index (χ0v) is 11.4. The van der Waals surface area contributed by atoms with Crippen molar-refractivity contribution in [3.63, 3.8) is 0 Å². The number of hydrogen-bond donors (Lipinski definition) is 0. The molecule has 0 aliphatic rings. The highest BCUT2D eigenvalue weighted by atomic mass is 32.2. The highest BCUT2D eigenvalue weighted by molar-refractivity contribution is 7.86. The molecule has 0 saturated carbocycles. The van der Waals surface area contributed by atoms with Gasteiger partial charge in [0.2, 0.25) is 0 Å². The second kappa shape index (κ2) is 5.97. The second-order valence-electron chi connectivity index (χ2n) is 4.07. The second-order valence-corrected chi connectivity index (χ2v) is 5.68. The molecule has 0 fully saturated rings. The number of benzene rings is 1. The molecule has 100 valence electrons. The summed E-state index contributed by atoms with van der Waals surface area (Å²) in [6.07, 6.45) is -0.303. The summed E-state index contributed by atoms with van der Waals surface area (Å²) in [6, 6.07) is 6.17. The van der Waals surface area contributed by atoms with E-state index in [0.717, 1.165) is 5.56 Å². The molecule has 0 unspecified atom stereocenters. The molecule has 18 heavy (non-hydrogen) atoms. The molecular weight excluding hydrogens is 256 g/mol. The third-order valence-electron chi connectivity index (χ3n) is 2.01. The summed E-state index contributed by atoms with van der Waals surface area (Å²) in [4.78, 5) is 11.2. The molecule has 1 aromatic rings. The monoisotopic (exact) mass is 272 g/mol. The number of aryl methyl sites for hydroxylation is 1. The van der Waals surface area contributed by atoms with Crippen LogP contribution in [0.25, 0.3) is 0 Å². The lowest BCUT2D eigenvalue weighted by atomic mass is 10.2. The average Bonchev–Trinajstić information content (AvgIpc) is 2.26. The third-order valence-corrected chi connectivity index (χ3v) is 3.29. The van der Waals surface area contributed by atoms with Gasteiger partial charge in [0.05, 0.1) is 11.0 Å². The van der Waals surface area contributed by atoms with E-state index in [0.29, 0.717) is 0 Å². The normalized spacial score (nSPS) is 11.6. The van der Waals surface area contributed by atoms with E-state index in [2.05, 4.69) is 4.18 Å².